The van der Waals surface area contributed by atoms with E-state index in [1.807, 2.05) is 37.0 Å². The normalized spacial score (nSPS) is 10.1. The number of carboxylic acid groups (broad SMARTS) is 1. The van der Waals surface area contributed by atoms with Crippen LogP contribution >= 0.6 is 0 Å². The highest BCUT2D eigenvalue weighted by molar-refractivity contribution is 5.66. The maximum atomic E-state index is 10.4. The molecule has 1 rings (SSSR count). The van der Waals surface area contributed by atoms with Crippen molar-refractivity contribution in [2.24, 2.45) is 0 Å². The Morgan fingerprint density at radius 1 is 1.29 bits per heavy atom. The van der Waals surface area contributed by atoms with Crippen molar-refractivity contribution in [3.8, 4) is 0 Å². The molecule has 0 aliphatic heterocycles. The summed E-state index contributed by atoms with van der Waals surface area (Å²) in [7, 11) is 5.72. The summed E-state index contributed by atoms with van der Waals surface area (Å²) >= 11 is 0. The molecule has 6 nitrogen and oxygen atoms in total. The average Bonchev–Trinajstić information content (AvgIpc) is 2.28. The molecule has 0 bridgehead atoms. The molecule has 0 atom stereocenters. The lowest BCUT2D eigenvalue weighted by atomic mass is 10.3. The van der Waals surface area contributed by atoms with Crippen molar-refractivity contribution in [3.05, 3.63) is 12.4 Å². The van der Waals surface area contributed by atoms with Gasteiger partial charge in [0.25, 0.3) is 0 Å². The lowest BCUT2D eigenvalue weighted by molar-refractivity contribution is -0.137. The van der Waals surface area contributed by atoms with Gasteiger partial charge in [-0.3, -0.25) is 4.79 Å². The van der Waals surface area contributed by atoms with Crippen LogP contribution in [0.2, 0.25) is 0 Å². The Bertz CT molecular complexity index is 381. The van der Waals surface area contributed by atoms with Crippen LogP contribution in [0.5, 0.6) is 0 Å². The smallest absolute Gasteiger partial charge is 0.303 e. The first-order valence-electron chi connectivity index (χ1n) is 5.43. The van der Waals surface area contributed by atoms with Gasteiger partial charge >= 0.3 is 5.97 Å². The molecule has 1 aromatic heterocycles. The lowest BCUT2D eigenvalue weighted by Gasteiger charge is -2.19. The SMILES string of the molecule is CN(C)c1cc(N(C)CCCC(=O)O)ncn1. The van der Waals surface area contributed by atoms with E-state index in [1.165, 1.54) is 6.33 Å². The fourth-order valence-electron chi connectivity index (χ4n) is 1.37. The van der Waals surface area contributed by atoms with Crippen LogP contribution in [0.1, 0.15) is 12.8 Å². The molecule has 0 spiro atoms. The van der Waals surface area contributed by atoms with Gasteiger partial charge in [-0.15, -0.1) is 0 Å². The third-order valence-corrected chi connectivity index (χ3v) is 2.37. The number of nitrogens with zero attached hydrogens (tertiary/aromatic N) is 4. The van der Waals surface area contributed by atoms with E-state index in [-0.39, 0.29) is 6.42 Å². The number of aliphatic carboxylic acids is 1. The molecular formula is C11H18N4O2. The summed E-state index contributed by atoms with van der Waals surface area (Å²) < 4.78 is 0. The summed E-state index contributed by atoms with van der Waals surface area (Å²) in [5, 5.41) is 8.56. The van der Waals surface area contributed by atoms with Crippen molar-refractivity contribution < 1.29 is 9.90 Å². The standard InChI is InChI=1S/C11H18N4O2/c1-14(2)9-7-10(13-8-12-9)15(3)6-4-5-11(16)17/h7-8H,4-6H2,1-3H3,(H,16,17). The van der Waals surface area contributed by atoms with Crippen molar-refractivity contribution >= 4 is 17.6 Å². The van der Waals surface area contributed by atoms with Gasteiger partial charge < -0.3 is 14.9 Å². The molecule has 6 heteroatoms. The Morgan fingerprint density at radius 3 is 2.53 bits per heavy atom. The Labute approximate surface area is 101 Å². The van der Waals surface area contributed by atoms with E-state index in [0.29, 0.717) is 13.0 Å². The number of carboxylic acids is 1. The third kappa shape index (κ3) is 4.26. The molecule has 1 aromatic rings. The van der Waals surface area contributed by atoms with Gasteiger partial charge in [-0.2, -0.15) is 0 Å². The molecule has 0 aliphatic carbocycles. The Hall–Kier alpha value is -1.85. The van der Waals surface area contributed by atoms with Crippen molar-refractivity contribution in [3.63, 3.8) is 0 Å². The van der Waals surface area contributed by atoms with E-state index in [1.54, 1.807) is 0 Å². The fourth-order valence-corrected chi connectivity index (χ4v) is 1.37. The second-order valence-corrected chi connectivity index (χ2v) is 4.05. The number of aromatic nitrogens is 2. The van der Waals surface area contributed by atoms with Crippen LogP contribution in [0.15, 0.2) is 12.4 Å². The molecule has 0 radical (unpaired) electrons. The van der Waals surface area contributed by atoms with Crippen LogP contribution in [0, 0.1) is 0 Å². The van der Waals surface area contributed by atoms with Crippen LogP contribution in [-0.2, 0) is 4.79 Å². The maximum Gasteiger partial charge on any atom is 0.303 e. The van der Waals surface area contributed by atoms with Crippen LogP contribution in [0.3, 0.4) is 0 Å². The van der Waals surface area contributed by atoms with Gasteiger partial charge in [-0.05, 0) is 6.42 Å². The second kappa shape index (κ2) is 6.03. The molecule has 0 saturated carbocycles. The summed E-state index contributed by atoms with van der Waals surface area (Å²) in [6.07, 6.45) is 2.29. The van der Waals surface area contributed by atoms with Crippen molar-refractivity contribution in [1.82, 2.24) is 9.97 Å². The number of anilines is 2. The molecule has 1 N–H and O–H groups in total. The van der Waals surface area contributed by atoms with E-state index in [4.69, 9.17) is 5.11 Å². The number of carbonyl (C=O) groups is 1. The first kappa shape index (κ1) is 13.2. The van der Waals surface area contributed by atoms with E-state index < -0.39 is 5.97 Å². The highest BCUT2D eigenvalue weighted by Gasteiger charge is 2.06. The second-order valence-electron chi connectivity index (χ2n) is 4.05. The molecule has 0 amide bonds. The van der Waals surface area contributed by atoms with Gasteiger partial charge in [0, 0.05) is 40.2 Å². The molecule has 1 heterocycles. The summed E-state index contributed by atoms with van der Waals surface area (Å²) in [4.78, 5) is 22.5. The fraction of sp³-hybridized carbons (Fsp3) is 0.545. The summed E-state index contributed by atoms with van der Waals surface area (Å²) in [6, 6.07) is 1.88. The topological polar surface area (TPSA) is 69.6 Å². The summed E-state index contributed by atoms with van der Waals surface area (Å²) in [6.45, 7) is 0.663. The Morgan fingerprint density at radius 2 is 1.94 bits per heavy atom. The molecular weight excluding hydrogens is 220 g/mol. The highest BCUT2D eigenvalue weighted by Crippen LogP contribution is 2.14. The van der Waals surface area contributed by atoms with Crippen molar-refractivity contribution in [2.45, 2.75) is 12.8 Å². The van der Waals surface area contributed by atoms with E-state index >= 15 is 0 Å². The molecule has 0 unspecified atom stereocenters. The number of hydrogen-bond donors (Lipinski definition) is 1. The summed E-state index contributed by atoms with van der Waals surface area (Å²) in [5.74, 6) is 0.865. The van der Waals surface area contributed by atoms with E-state index in [9.17, 15) is 4.79 Å². The molecule has 94 valence electrons. The van der Waals surface area contributed by atoms with Crippen LogP contribution in [-0.4, -0.2) is 48.7 Å². The predicted molar refractivity (Wildman–Crippen MR) is 66.5 cm³/mol. The quantitative estimate of drug-likeness (QED) is 0.792. The maximum absolute atomic E-state index is 10.4. The van der Waals surface area contributed by atoms with Gasteiger partial charge in [-0.1, -0.05) is 0 Å². The first-order chi connectivity index (χ1) is 8.00. The molecule has 0 saturated heterocycles. The minimum Gasteiger partial charge on any atom is -0.481 e. The monoisotopic (exact) mass is 238 g/mol. The molecule has 17 heavy (non-hydrogen) atoms. The highest BCUT2D eigenvalue weighted by atomic mass is 16.4. The first-order valence-corrected chi connectivity index (χ1v) is 5.43. The molecule has 0 fully saturated rings. The van der Waals surface area contributed by atoms with Gasteiger partial charge in [0.05, 0.1) is 0 Å². The van der Waals surface area contributed by atoms with Crippen molar-refractivity contribution in [2.75, 3.05) is 37.5 Å². The van der Waals surface area contributed by atoms with Crippen molar-refractivity contribution in [1.29, 1.82) is 0 Å². The molecule has 0 aromatic carbocycles. The zero-order chi connectivity index (χ0) is 12.8. The van der Waals surface area contributed by atoms with Gasteiger partial charge in [0.15, 0.2) is 0 Å². The largest absolute Gasteiger partial charge is 0.481 e. The lowest BCUT2D eigenvalue weighted by Crippen LogP contribution is -2.21. The zero-order valence-electron chi connectivity index (χ0n) is 10.4. The summed E-state index contributed by atoms with van der Waals surface area (Å²) in [5.41, 5.74) is 0. The number of hydrogen-bond acceptors (Lipinski definition) is 5. The number of rotatable bonds is 6. The van der Waals surface area contributed by atoms with Crippen LogP contribution < -0.4 is 9.80 Å². The van der Waals surface area contributed by atoms with Gasteiger partial charge in [0.2, 0.25) is 0 Å². The van der Waals surface area contributed by atoms with Crippen LogP contribution in [0.25, 0.3) is 0 Å². The Kier molecular flexibility index (Phi) is 4.68. The zero-order valence-corrected chi connectivity index (χ0v) is 10.4. The average molecular weight is 238 g/mol. The van der Waals surface area contributed by atoms with Gasteiger partial charge in [0.1, 0.15) is 18.0 Å². The predicted octanol–water partition coefficient (Wildman–Crippen LogP) is 0.844. The molecule has 0 aliphatic rings. The van der Waals surface area contributed by atoms with Gasteiger partial charge in [-0.25, -0.2) is 9.97 Å². The van der Waals surface area contributed by atoms with E-state index in [2.05, 4.69) is 9.97 Å². The minimum absolute atomic E-state index is 0.177. The minimum atomic E-state index is -0.768. The van der Waals surface area contributed by atoms with Crippen LogP contribution in [0.4, 0.5) is 11.6 Å². The Balaban J connectivity index is 2.59. The van der Waals surface area contributed by atoms with E-state index in [0.717, 1.165) is 11.6 Å². The third-order valence-electron chi connectivity index (χ3n) is 2.37.